The summed E-state index contributed by atoms with van der Waals surface area (Å²) < 4.78 is 15.6. The highest BCUT2D eigenvalue weighted by molar-refractivity contribution is 6.04. The highest BCUT2D eigenvalue weighted by Crippen LogP contribution is 2.21. The molecule has 156 valence electrons. The van der Waals surface area contributed by atoms with Crippen LogP contribution in [0.4, 0.5) is 0 Å². The Bertz CT molecular complexity index is 895. The summed E-state index contributed by atoms with van der Waals surface area (Å²) in [7, 11) is 1.28. The lowest BCUT2D eigenvalue weighted by molar-refractivity contribution is 0.0316. The van der Waals surface area contributed by atoms with Crippen molar-refractivity contribution in [2.45, 2.75) is 53.4 Å². The third kappa shape index (κ3) is 5.32. The smallest absolute Gasteiger partial charge is 0.339 e. The Morgan fingerprint density at radius 1 is 1.00 bits per heavy atom. The zero-order chi connectivity index (χ0) is 21.7. The van der Waals surface area contributed by atoms with E-state index in [0.29, 0.717) is 29.0 Å². The fourth-order valence-corrected chi connectivity index (χ4v) is 2.89. The van der Waals surface area contributed by atoms with Crippen LogP contribution in [0.25, 0.3) is 0 Å². The number of esters is 2. The third-order valence-electron chi connectivity index (χ3n) is 4.50. The van der Waals surface area contributed by atoms with Crippen molar-refractivity contribution in [1.82, 2.24) is 4.98 Å². The zero-order valence-electron chi connectivity index (χ0n) is 17.6. The van der Waals surface area contributed by atoms with Gasteiger partial charge in [0.25, 0.3) is 0 Å². The van der Waals surface area contributed by atoms with Crippen molar-refractivity contribution in [3.05, 3.63) is 57.9 Å². The van der Waals surface area contributed by atoms with Crippen molar-refractivity contribution in [3.63, 3.8) is 0 Å². The largest absolute Gasteiger partial charge is 0.465 e. The Kier molecular flexibility index (Phi) is 7.34. The molecule has 1 aromatic carbocycles. The lowest BCUT2D eigenvalue weighted by atomic mass is 10.1. The molecule has 0 aliphatic carbocycles. The summed E-state index contributed by atoms with van der Waals surface area (Å²) in [5, 5.41) is 0. The highest BCUT2D eigenvalue weighted by atomic mass is 16.5. The summed E-state index contributed by atoms with van der Waals surface area (Å²) in [5.74, 6) is -1.55. The quantitative estimate of drug-likeness (QED) is 0.534. The first-order valence-corrected chi connectivity index (χ1v) is 9.38. The van der Waals surface area contributed by atoms with Gasteiger partial charge in [-0.1, -0.05) is 12.1 Å². The van der Waals surface area contributed by atoms with Crippen LogP contribution in [-0.2, 0) is 20.8 Å². The van der Waals surface area contributed by atoms with Crippen LogP contribution >= 0.6 is 0 Å². The van der Waals surface area contributed by atoms with Crippen molar-refractivity contribution >= 4 is 17.7 Å². The van der Waals surface area contributed by atoms with Crippen LogP contribution in [0.5, 0.6) is 0 Å². The number of ether oxygens (including phenoxy) is 3. The fraction of sp³-hybridized carbons (Fsp3) is 0.409. The monoisotopic (exact) mass is 401 g/mol. The van der Waals surface area contributed by atoms with E-state index >= 15 is 0 Å². The molecule has 2 rings (SSSR count). The maximum Gasteiger partial charge on any atom is 0.339 e. The minimum atomic E-state index is -1.02. The molecule has 1 heterocycles. The molecule has 0 saturated heterocycles. The van der Waals surface area contributed by atoms with Crippen LogP contribution in [0, 0.1) is 13.8 Å². The molecule has 7 nitrogen and oxygen atoms in total. The van der Waals surface area contributed by atoms with E-state index in [1.165, 1.54) is 14.0 Å². The molecule has 0 bridgehead atoms. The van der Waals surface area contributed by atoms with Gasteiger partial charge in [0.15, 0.2) is 6.10 Å². The molecule has 0 radical (unpaired) electrons. The van der Waals surface area contributed by atoms with Gasteiger partial charge in [0, 0.05) is 5.69 Å². The number of nitrogens with one attached hydrogen (secondary N) is 1. The van der Waals surface area contributed by atoms with E-state index in [9.17, 15) is 14.4 Å². The van der Waals surface area contributed by atoms with Crippen molar-refractivity contribution in [3.8, 4) is 0 Å². The first kappa shape index (κ1) is 22.4. The molecule has 1 atom stereocenters. The molecular weight excluding hydrogens is 374 g/mol. The van der Waals surface area contributed by atoms with Crippen LogP contribution in [0.3, 0.4) is 0 Å². The number of rotatable bonds is 8. The highest BCUT2D eigenvalue weighted by Gasteiger charge is 2.27. The van der Waals surface area contributed by atoms with Gasteiger partial charge >= 0.3 is 11.9 Å². The summed E-state index contributed by atoms with van der Waals surface area (Å²) >= 11 is 0. The van der Waals surface area contributed by atoms with E-state index in [-0.39, 0.29) is 11.8 Å². The number of aromatic nitrogens is 1. The number of aromatic amines is 1. The van der Waals surface area contributed by atoms with E-state index < -0.39 is 23.8 Å². The lowest BCUT2D eigenvalue weighted by Crippen LogP contribution is -2.25. The number of aryl methyl sites for hydroxylation is 1. The summed E-state index contributed by atoms with van der Waals surface area (Å²) in [6, 6.07) is 6.84. The topological polar surface area (TPSA) is 94.7 Å². The second kappa shape index (κ2) is 9.52. The van der Waals surface area contributed by atoms with Gasteiger partial charge in [-0.05, 0) is 57.9 Å². The number of hydrogen-bond donors (Lipinski definition) is 1. The summed E-state index contributed by atoms with van der Waals surface area (Å²) in [4.78, 5) is 39.9. The van der Waals surface area contributed by atoms with E-state index in [2.05, 4.69) is 4.98 Å². The van der Waals surface area contributed by atoms with E-state index in [0.717, 1.165) is 5.56 Å². The Labute approximate surface area is 170 Å². The molecule has 29 heavy (non-hydrogen) atoms. The molecule has 0 aliphatic heterocycles. The van der Waals surface area contributed by atoms with Crippen molar-refractivity contribution in [1.29, 1.82) is 0 Å². The number of methoxy groups -OCH3 is 1. The van der Waals surface area contributed by atoms with E-state index in [4.69, 9.17) is 14.2 Å². The van der Waals surface area contributed by atoms with Gasteiger partial charge in [-0.2, -0.15) is 0 Å². The Morgan fingerprint density at radius 2 is 1.62 bits per heavy atom. The minimum Gasteiger partial charge on any atom is -0.465 e. The minimum absolute atomic E-state index is 0.117. The first-order valence-electron chi connectivity index (χ1n) is 9.38. The van der Waals surface area contributed by atoms with Gasteiger partial charge in [0.05, 0.1) is 36.6 Å². The summed E-state index contributed by atoms with van der Waals surface area (Å²) in [5.41, 5.74) is 2.81. The molecule has 0 amide bonds. The van der Waals surface area contributed by atoms with Gasteiger partial charge in [-0.3, -0.25) is 4.79 Å². The third-order valence-corrected chi connectivity index (χ3v) is 4.50. The normalized spacial score (nSPS) is 12.0. The van der Waals surface area contributed by atoms with Gasteiger partial charge < -0.3 is 19.2 Å². The molecule has 1 N–H and O–H groups in total. The summed E-state index contributed by atoms with van der Waals surface area (Å²) in [6.07, 6.45) is -0.903. The number of ketones is 1. The second-order valence-corrected chi connectivity index (χ2v) is 7.09. The van der Waals surface area contributed by atoms with E-state index in [1.807, 2.05) is 13.8 Å². The molecule has 0 saturated carbocycles. The maximum atomic E-state index is 12.7. The van der Waals surface area contributed by atoms with Crippen LogP contribution in [0.2, 0.25) is 0 Å². The lowest BCUT2D eigenvalue weighted by Gasteiger charge is -2.13. The molecule has 0 fully saturated rings. The number of hydrogen-bond acceptors (Lipinski definition) is 6. The molecule has 0 unspecified atom stereocenters. The van der Waals surface area contributed by atoms with Crippen LogP contribution < -0.4 is 0 Å². The van der Waals surface area contributed by atoms with Crippen LogP contribution in [0.15, 0.2) is 24.3 Å². The van der Waals surface area contributed by atoms with Gasteiger partial charge in [0.1, 0.15) is 0 Å². The summed E-state index contributed by atoms with van der Waals surface area (Å²) in [6.45, 7) is 9.18. The number of benzene rings is 1. The Balaban J connectivity index is 2.08. The zero-order valence-corrected chi connectivity index (χ0v) is 17.6. The first-order chi connectivity index (χ1) is 13.6. The fourth-order valence-electron chi connectivity index (χ4n) is 2.89. The van der Waals surface area contributed by atoms with Crippen molar-refractivity contribution in [2.75, 3.05) is 7.11 Å². The maximum absolute atomic E-state index is 12.7. The molecule has 0 aliphatic rings. The number of carbonyl (C=O) groups is 3. The van der Waals surface area contributed by atoms with Crippen LogP contribution in [-0.4, -0.2) is 42.0 Å². The van der Waals surface area contributed by atoms with Gasteiger partial charge in [0.2, 0.25) is 5.78 Å². The SMILES string of the molecule is COC(=O)c1c(C)[nH]c(C(=O)[C@H](C)OC(=O)c2ccc(COC(C)C)cc2)c1C. The molecule has 7 heteroatoms. The predicted molar refractivity (Wildman–Crippen MR) is 107 cm³/mol. The molecule has 1 aromatic heterocycles. The molecule has 0 spiro atoms. The van der Waals surface area contributed by atoms with Gasteiger partial charge in [-0.25, -0.2) is 9.59 Å². The Morgan fingerprint density at radius 3 is 2.17 bits per heavy atom. The number of H-pyrrole nitrogens is 1. The van der Waals surface area contributed by atoms with Crippen molar-refractivity contribution in [2.24, 2.45) is 0 Å². The average Bonchev–Trinajstić information content (AvgIpc) is 2.99. The van der Waals surface area contributed by atoms with E-state index in [1.54, 1.807) is 38.1 Å². The van der Waals surface area contributed by atoms with Gasteiger partial charge in [-0.15, -0.1) is 0 Å². The number of Topliss-reactive ketones (excluding diaryl/α,β-unsaturated/α-hetero) is 1. The molecular formula is C22H27NO6. The second-order valence-electron chi connectivity index (χ2n) is 7.09. The molecule has 2 aromatic rings. The number of carbonyl (C=O) groups excluding carboxylic acids is 3. The Hall–Kier alpha value is -2.93. The standard InChI is InChI=1S/C22H27NO6/c1-12(2)28-11-16-7-9-17(10-8-16)21(25)29-15(5)20(24)19-13(3)18(14(4)23-19)22(26)27-6/h7-10,12,15,23H,11H2,1-6H3/t15-/m0/s1. The average molecular weight is 401 g/mol. The predicted octanol–water partition coefficient (Wildman–Crippen LogP) is 3.77. The van der Waals surface area contributed by atoms with Crippen LogP contribution in [0.1, 0.15) is 68.8 Å². The van der Waals surface area contributed by atoms with Crippen molar-refractivity contribution < 1.29 is 28.6 Å².